The lowest BCUT2D eigenvalue weighted by molar-refractivity contribution is -0.121. The molecule has 1 aliphatic rings. The van der Waals surface area contributed by atoms with Crippen molar-refractivity contribution < 1.29 is 18.0 Å². The van der Waals surface area contributed by atoms with E-state index in [2.05, 4.69) is 5.32 Å². The summed E-state index contributed by atoms with van der Waals surface area (Å²) in [6.45, 7) is 3.90. The van der Waals surface area contributed by atoms with Gasteiger partial charge in [0.15, 0.2) is 0 Å². The Morgan fingerprint density at radius 3 is 2.31 bits per heavy atom. The van der Waals surface area contributed by atoms with Crippen LogP contribution in [0.2, 0.25) is 5.02 Å². The molecular weight excluding hydrogens is 452 g/mol. The maximum Gasteiger partial charge on any atom is 0.253 e. The molecule has 2 aromatic rings. The summed E-state index contributed by atoms with van der Waals surface area (Å²) in [6.07, 6.45) is 0. The Hall–Kier alpha value is -2.46. The fourth-order valence-corrected chi connectivity index (χ4v) is 4.61. The minimum absolute atomic E-state index is 0.0804. The zero-order valence-corrected chi connectivity index (χ0v) is 19.9. The summed E-state index contributed by atoms with van der Waals surface area (Å²) in [5, 5.41) is 3.31. The predicted molar refractivity (Wildman–Crippen MR) is 124 cm³/mol. The predicted octanol–water partition coefficient (Wildman–Crippen LogP) is 2.38. The number of carbonyl (C=O) groups is 2. The number of amides is 2. The molecule has 172 valence electrons. The fraction of sp³-hybridized carbons (Fsp3) is 0.364. The number of nitrogens with one attached hydrogen (secondary N) is 1. The smallest absolute Gasteiger partial charge is 0.253 e. The molecule has 1 atom stereocenters. The van der Waals surface area contributed by atoms with E-state index in [1.165, 1.54) is 26.2 Å². The van der Waals surface area contributed by atoms with Gasteiger partial charge in [0.2, 0.25) is 15.9 Å². The second-order valence-corrected chi connectivity index (χ2v) is 10.4. The number of benzene rings is 2. The maximum absolute atomic E-state index is 12.8. The van der Waals surface area contributed by atoms with Crippen LogP contribution in [0.1, 0.15) is 17.3 Å². The second-order valence-electron chi connectivity index (χ2n) is 7.82. The number of hydrogen-bond donors (Lipinski definition) is 1. The number of carbonyl (C=O) groups excluding carboxylic acids is 2. The van der Waals surface area contributed by atoms with E-state index in [4.69, 9.17) is 11.6 Å². The van der Waals surface area contributed by atoms with Crippen molar-refractivity contribution in [3.63, 3.8) is 0 Å². The maximum atomic E-state index is 12.8. The van der Waals surface area contributed by atoms with E-state index in [1.807, 2.05) is 4.90 Å². The number of sulfonamides is 1. The number of hydrogen-bond acceptors (Lipinski definition) is 5. The van der Waals surface area contributed by atoms with E-state index < -0.39 is 16.1 Å². The molecule has 2 aromatic carbocycles. The van der Waals surface area contributed by atoms with Crippen LogP contribution in [-0.2, 0) is 14.8 Å². The average molecular weight is 479 g/mol. The zero-order valence-electron chi connectivity index (χ0n) is 18.3. The van der Waals surface area contributed by atoms with Crippen LogP contribution in [0.3, 0.4) is 0 Å². The van der Waals surface area contributed by atoms with Crippen LogP contribution in [0, 0.1) is 0 Å². The van der Waals surface area contributed by atoms with Gasteiger partial charge in [-0.25, -0.2) is 12.7 Å². The van der Waals surface area contributed by atoms with Gasteiger partial charge in [-0.15, -0.1) is 0 Å². The molecule has 0 saturated carbocycles. The zero-order chi connectivity index (χ0) is 23.5. The molecule has 8 nitrogen and oxygen atoms in total. The highest BCUT2D eigenvalue weighted by atomic mass is 35.5. The molecule has 1 N–H and O–H groups in total. The van der Waals surface area contributed by atoms with Gasteiger partial charge in [0, 0.05) is 56.5 Å². The third-order valence-corrected chi connectivity index (χ3v) is 7.53. The highest BCUT2D eigenvalue weighted by Gasteiger charge is 2.28. The number of halogens is 1. The van der Waals surface area contributed by atoms with Crippen LogP contribution < -0.4 is 5.32 Å². The van der Waals surface area contributed by atoms with Crippen molar-refractivity contribution in [1.82, 2.24) is 14.1 Å². The average Bonchev–Trinajstić information content (AvgIpc) is 2.78. The molecule has 1 unspecified atom stereocenters. The lowest BCUT2D eigenvalue weighted by Gasteiger charge is -2.37. The first-order valence-corrected chi connectivity index (χ1v) is 12.0. The molecule has 32 heavy (non-hydrogen) atoms. The topological polar surface area (TPSA) is 90.0 Å². The van der Waals surface area contributed by atoms with Gasteiger partial charge < -0.3 is 10.2 Å². The normalized spacial score (nSPS) is 16.1. The molecule has 1 saturated heterocycles. The fourth-order valence-electron chi connectivity index (χ4n) is 3.47. The molecule has 1 aliphatic heterocycles. The van der Waals surface area contributed by atoms with E-state index >= 15 is 0 Å². The summed E-state index contributed by atoms with van der Waals surface area (Å²) >= 11 is 5.98. The van der Waals surface area contributed by atoms with Crippen molar-refractivity contribution in [2.45, 2.75) is 17.9 Å². The van der Waals surface area contributed by atoms with Gasteiger partial charge in [0.25, 0.3) is 5.91 Å². The summed E-state index contributed by atoms with van der Waals surface area (Å²) in [5.74, 6) is -0.317. The first-order valence-electron chi connectivity index (χ1n) is 10.2. The van der Waals surface area contributed by atoms with Crippen LogP contribution in [0.15, 0.2) is 53.4 Å². The molecule has 2 amide bonds. The first-order chi connectivity index (χ1) is 15.1. The summed E-state index contributed by atoms with van der Waals surface area (Å²) < 4.78 is 25.8. The summed E-state index contributed by atoms with van der Waals surface area (Å²) in [6, 6.07) is 12.6. The standard InChI is InChI=1S/C22H27ClN4O4S/c1-16(21(28)24-19-8-5-9-20(15-19)32(30,31)25(2)3)26-10-12-27(13-11-26)22(29)17-6-4-7-18(23)14-17/h4-9,14-16H,10-13H2,1-3H3,(H,24,28). The van der Waals surface area contributed by atoms with Crippen molar-refractivity contribution in [2.24, 2.45) is 0 Å². The Balaban J connectivity index is 1.59. The van der Waals surface area contributed by atoms with Gasteiger partial charge in [-0.2, -0.15) is 0 Å². The third kappa shape index (κ3) is 5.47. The number of anilines is 1. The summed E-state index contributed by atoms with van der Waals surface area (Å²) in [4.78, 5) is 29.3. The summed E-state index contributed by atoms with van der Waals surface area (Å²) in [7, 11) is -0.674. The van der Waals surface area contributed by atoms with Crippen molar-refractivity contribution in [1.29, 1.82) is 0 Å². The number of rotatable bonds is 6. The van der Waals surface area contributed by atoms with Crippen LogP contribution >= 0.6 is 11.6 Å². The first kappa shape index (κ1) is 24.2. The molecule has 10 heteroatoms. The van der Waals surface area contributed by atoms with Crippen molar-refractivity contribution in [3.8, 4) is 0 Å². The Labute approximate surface area is 193 Å². The molecule has 0 aliphatic carbocycles. The van der Waals surface area contributed by atoms with Gasteiger partial charge in [-0.1, -0.05) is 23.7 Å². The monoisotopic (exact) mass is 478 g/mol. The van der Waals surface area contributed by atoms with Gasteiger partial charge in [-0.3, -0.25) is 14.5 Å². The largest absolute Gasteiger partial charge is 0.336 e. The van der Waals surface area contributed by atoms with Crippen molar-refractivity contribution >= 4 is 39.1 Å². The Bertz CT molecular complexity index is 1100. The molecule has 1 heterocycles. The van der Waals surface area contributed by atoms with Crippen molar-refractivity contribution in [2.75, 3.05) is 45.6 Å². The Morgan fingerprint density at radius 2 is 1.69 bits per heavy atom. The van der Waals surface area contributed by atoms with Gasteiger partial charge in [-0.05, 0) is 43.3 Å². The summed E-state index contributed by atoms with van der Waals surface area (Å²) in [5.41, 5.74) is 0.962. The lowest BCUT2D eigenvalue weighted by atomic mass is 10.1. The Morgan fingerprint density at radius 1 is 1.03 bits per heavy atom. The molecular formula is C22H27ClN4O4S. The quantitative estimate of drug-likeness (QED) is 0.688. The molecule has 0 aromatic heterocycles. The number of piperazine rings is 1. The van der Waals surface area contributed by atoms with Crippen LogP contribution in [-0.4, -0.2) is 80.7 Å². The minimum atomic E-state index is -3.59. The van der Waals surface area contributed by atoms with Crippen LogP contribution in [0.25, 0.3) is 0 Å². The van der Waals surface area contributed by atoms with E-state index in [0.29, 0.717) is 42.5 Å². The van der Waals surface area contributed by atoms with Gasteiger partial charge in [0.05, 0.1) is 10.9 Å². The SMILES string of the molecule is CC(C(=O)Nc1cccc(S(=O)(=O)N(C)C)c1)N1CCN(C(=O)c2cccc(Cl)c2)CC1. The lowest BCUT2D eigenvalue weighted by Crippen LogP contribution is -2.54. The van der Waals surface area contributed by atoms with E-state index in [-0.39, 0.29) is 16.7 Å². The van der Waals surface area contributed by atoms with Crippen molar-refractivity contribution in [3.05, 3.63) is 59.1 Å². The highest BCUT2D eigenvalue weighted by molar-refractivity contribution is 7.89. The van der Waals surface area contributed by atoms with Crippen LogP contribution in [0.4, 0.5) is 5.69 Å². The molecule has 1 fully saturated rings. The second kappa shape index (κ2) is 9.99. The number of nitrogens with zero attached hydrogens (tertiary/aromatic N) is 3. The van der Waals surface area contributed by atoms with Gasteiger partial charge in [0.1, 0.15) is 0 Å². The minimum Gasteiger partial charge on any atom is -0.336 e. The van der Waals surface area contributed by atoms with Crippen LogP contribution in [0.5, 0.6) is 0 Å². The molecule has 0 bridgehead atoms. The van der Waals surface area contributed by atoms with E-state index in [9.17, 15) is 18.0 Å². The third-order valence-electron chi connectivity index (χ3n) is 5.48. The van der Waals surface area contributed by atoms with Gasteiger partial charge >= 0.3 is 0 Å². The molecule has 3 rings (SSSR count). The molecule has 0 spiro atoms. The van der Waals surface area contributed by atoms with E-state index in [1.54, 1.807) is 48.2 Å². The van der Waals surface area contributed by atoms with E-state index in [0.717, 1.165) is 4.31 Å². The highest BCUT2D eigenvalue weighted by Crippen LogP contribution is 2.19. The molecule has 0 radical (unpaired) electrons. The Kier molecular flexibility index (Phi) is 7.55.